The minimum Gasteiger partial charge on any atom is -0.497 e. The number of benzene rings is 3. The van der Waals surface area contributed by atoms with Gasteiger partial charge in [0.25, 0.3) is 0 Å². The summed E-state index contributed by atoms with van der Waals surface area (Å²) in [6.07, 6.45) is 0. The average Bonchev–Trinajstić information content (AvgIpc) is 2.81. The van der Waals surface area contributed by atoms with Gasteiger partial charge in [0.2, 0.25) is 5.91 Å². The van der Waals surface area contributed by atoms with E-state index in [9.17, 15) is 4.79 Å². The van der Waals surface area contributed by atoms with Gasteiger partial charge in [-0.15, -0.1) is 0 Å². The van der Waals surface area contributed by atoms with Crippen LogP contribution in [0.2, 0.25) is 0 Å². The molecule has 5 heteroatoms. The Morgan fingerprint density at radius 2 is 1.61 bits per heavy atom. The number of methoxy groups -OCH3 is 1. The average molecular weight is 416 g/mol. The molecular formula is C26H29N3O2. The summed E-state index contributed by atoms with van der Waals surface area (Å²) in [5.41, 5.74) is 4.31. The van der Waals surface area contributed by atoms with E-state index in [2.05, 4.69) is 46.3 Å². The number of nitrogens with zero attached hydrogens (tertiary/aromatic N) is 2. The number of para-hydroxylation sites is 1. The lowest BCUT2D eigenvalue weighted by Gasteiger charge is -2.40. The first-order chi connectivity index (χ1) is 15.2. The summed E-state index contributed by atoms with van der Waals surface area (Å²) >= 11 is 0. The fraction of sp³-hybridized carbons (Fsp3) is 0.269. The van der Waals surface area contributed by atoms with Gasteiger partial charge in [-0.25, -0.2) is 0 Å². The molecule has 3 aromatic rings. The van der Waals surface area contributed by atoms with Gasteiger partial charge in [-0.1, -0.05) is 54.6 Å². The van der Waals surface area contributed by atoms with Gasteiger partial charge in [0.05, 0.1) is 7.11 Å². The summed E-state index contributed by atoms with van der Waals surface area (Å²) < 4.78 is 5.29. The number of hydrogen-bond donors (Lipinski definition) is 1. The number of anilines is 2. The zero-order valence-corrected chi connectivity index (χ0v) is 18.1. The van der Waals surface area contributed by atoms with Crippen molar-refractivity contribution >= 4 is 17.3 Å². The molecule has 5 nitrogen and oxygen atoms in total. The zero-order valence-electron chi connectivity index (χ0n) is 18.1. The predicted octanol–water partition coefficient (Wildman–Crippen LogP) is 4.51. The molecule has 1 saturated heterocycles. The van der Waals surface area contributed by atoms with Crippen molar-refractivity contribution in [3.05, 3.63) is 90.0 Å². The van der Waals surface area contributed by atoms with E-state index in [0.29, 0.717) is 0 Å². The van der Waals surface area contributed by atoms with Gasteiger partial charge in [0.1, 0.15) is 11.8 Å². The number of hydrogen-bond acceptors (Lipinski definition) is 4. The first-order valence-corrected chi connectivity index (χ1v) is 10.7. The highest BCUT2D eigenvalue weighted by molar-refractivity contribution is 5.95. The number of carbonyl (C=O) groups excluding carboxylic acids is 1. The number of amides is 1. The standard InChI is InChI=1S/C26H29N3O2/c1-20-9-6-7-14-24(20)28-15-17-29(18-16-28)25(21-10-4-3-5-11-21)26(30)27-22-12-8-13-23(19-22)31-2/h3-14,19,25H,15-18H2,1-2H3,(H,27,30)/t25-/m1/s1. The first kappa shape index (κ1) is 20.9. The molecule has 0 bridgehead atoms. The summed E-state index contributed by atoms with van der Waals surface area (Å²) in [5, 5.41) is 3.09. The molecule has 4 rings (SSSR count). The molecule has 0 saturated carbocycles. The predicted molar refractivity (Wildman–Crippen MR) is 126 cm³/mol. The maximum absolute atomic E-state index is 13.4. The molecule has 0 aliphatic carbocycles. The third kappa shape index (κ3) is 4.89. The molecule has 1 heterocycles. The third-order valence-corrected chi connectivity index (χ3v) is 5.84. The van der Waals surface area contributed by atoms with Crippen LogP contribution in [0.1, 0.15) is 17.2 Å². The molecule has 1 fully saturated rings. The summed E-state index contributed by atoms with van der Waals surface area (Å²) in [7, 11) is 1.63. The number of aryl methyl sites for hydroxylation is 1. The molecule has 0 radical (unpaired) electrons. The molecule has 0 aromatic heterocycles. The van der Waals surface area contributed by atoms with Crippen LogP contribution in [0.4, 0.5) is 11.4 Å². The Balaban J connectivity index is 1.52. The van der Waals surface area contributed by atoms with Gasteiger partial charge in [-0.05, 0) is 36.2 Å². The molecule has 0 spiro atoms. The Bertz CT molecular complexity index is 1010. The van der Waals surface area contributed by atoms with E-state index in [0.717, 1.165) is 43.2 Å². The van der Waals surface area contributed by atoms with E-state index in [1.54, 1.807) is 7.11 Å². The van der Waals surface area contributed by atoms with Crippen LogP contribution in [-0.2, 0) is 4.79 Å². The second-order valence-corrected chi connectivity index (χ2v) is 7.84. The van der Waals surface area contributed by atoms with Crippen molar-refractivity contribution in [1.29, 1.82) is 0 Å². The van der Waals surface area contributed by atoms with Crippen LogP contribution < -0.4 is 15.0 Å². The van der Waals surface area contributed by atoms with Gasteiger partial charge in [-0.3, -0.25) is 9.69 Å². The number of rotatable bonds is 6. The topological polar surface area (TPSA) is 44.8 Å². The second-order valence-electron chi connectivity index (χ2n) is 7.84. The molecular weight excluding hydrogens is 386 g/mol. The number of nitrogens with one attached hydrogen (secondary N) is 1. The van der Waals surface area contributed by atoms with Gasteiger partial charge in [0, 0.05) is 43.6 Å². The van der Waals surface area contributed by atoms with Crippen LogP contribution in [0.25, 0.3) is 0 Å². The highest BCUT2D eigenvalue weighted by Gasteiger charge is 2.31. The summed E-state index contributed by atoms with van der Waals surface area (Å²) in [5.74, 6) is 0.699. The van der Waals surface area contributed by atoms with Crippen molar-refractivity contribution in [2.24, 2.45) is 0 Å². The highest BCUT2D eigenvalue weighted by atomic mass is 16.5. The summed E-state index contributed by atoms with van der Waals surface area (Å²) in [4.78, 5) is 18.1. The lowest BCUT2D eigenvalue weighted by atomic mass is 10.0. The van der Waals surface area contributed by atoms with Gasteiger partial charge < -0.3 is 15.0 Å². The minimum absolute atomic E-state index is 0.0243. The van der Waals surface area contributed by atoms with Crippen LogP contribution >= 0.6 is 0 Å². The van der Waals surface area contributed by atoms with Gasteiger partial charge >= 0.3 is 0 Å². The van der Waals surface area contributed by atoms with Crippen molar-refractivity contribution in [2.45, 2.75) is 13.0 Å². The van der Waals surface area contributed by atoms with Crippen molar-refractivity contribution < 1.29 is 9.53 Å². The molecule has 1 aliphatic heterocycles. The zero-order chi connectivity index (χ0) is 21.6. The van der Waals surface area contributed by atoms with Crippen LogP contribution in [0, 0.1) is 6.92 Å². The van der Waals surface area contributed by atoms with E-state index in [4.69, 9.17) is 4.74 Å². The van der Waals surface area contributed by atoms with Gasteiger partial charge in [-0.2, -0.15) is 0 Å². The fourth-order valence-corrected chi connectivity index (χ4v) is 4.21. The lowest BCUT2D eigenvalue weighted by Crippen LogP contribution is -2.50. The quantitative estimate of drug-likeness (QED) is 0.644. The molecule has 1 N–H and O–H groups in total. The van der Waals surface area contributed by atoms with Crippen LogP contribution in [0.15, 0.2) is 78.9 Å². The molecule has 0 unspecified atom stereocenters. The molecule has 1 aliphatic rings. The Labute approximate surface area is 184 Å². The van der Waals surface area contributed by atoms with E-state index in [-0.39, 0.29) is 11.9 Å². The summed E-state index contributed by atoms with van der Waals surface area (Å²) in [6, 6.07) is 25.7. The Hall–Kier alpha value is -3.31. The Morgan fingerprint density at radius 3 is 2.32 bits per heavy atom. The van der Waals surface area contributed by atoms with Crippen molar-refractivity contribution in [2.75, 3.05) is 43.5 Å². The van der Waals surface area contributed by atoms with Crippen molar-refractivity contribution in [3.63, 3.8) is 0 Å². The molecule has 31 heavy (non-hydrogen) atoms. The normalized spacial score (nSPS) is 15.4. The SMILES string of the molecule is COc1cccc(NC(=O)[C@@H](c2ccccc2)N2CCN(c3ccccc3C)CC2)c1. The van der Waals surface area contributed by atoms with Crippen LogP contribution in [-0.4, -0.2) is 44.1 Å². The molecule has 1 atom stereocenters. The molecule has 160 valence electrons. The van der Waals surface area contributed by atoms with Gasteiger partial charge in [0.15, 0.2) is 0 Å². The highest BCUT2D eigenvalue weighted by Crippen LogP contribution is 2.27. The van der Waals surface area contributed by atoms with Crippen molar-refractivity contribution in [3.8, 4) is 5.75 Å². The maximum atomic E-state index is 13.4. The number of ether oxygens (including phenoxy) is 1. The number of piperazine rings is 1. The third-order valence-electron chi connectivity index (χ3n) is 5.84. The van der Waals surface area contributed by atoms with Crippen molar-refractivity contribution in [1.82, 2.24) is 4.90 Å². The van der Waals surface area contributed by atoms with Crippen LogP contribution in [0.5, 0.6) is 5.75 Å². The largest absolute Gasteiger partial charge is 0.497 e. The molecule has 3 aromatic carbocycles. The lowest BCUT2D eigenvalue weighted by molar-refractivity contribution is -0.121. The maximum Gasteiger partial charge on any atom is 0.246 e. The Kier molecular flexibility index (Phi) is 6.53. The van der Waals surface area contributed by atoms with E-state index < -0.39 is 0 Å². The fourth-order valence-electron chi connectivity index (χ4n) is 4.21. The van der Waals surface area contributed by atoms with E-state index in [1.807, 2.05) is 54.6 Å². The monoisotopic (exact) mass is 415 g/mol. The molecule has 1 amide bonds. The minimum atomic E-state index is -0.341. The summed E-state index contributed by atoms with van der Waals surface area (Å²) in [6.45, 7) is 5.57. The van der Waals surface area contributed by atoms with E-state index in [1.165, 1.54) is 11.3 Å². The van der Waals surface area contributed by atoms with Crippen LogP contribution in [0.3, 0.4) is 0 Å². The second kappa shape index (κ2) is 9.67. The Morgan fingerprint density at radius 1 is 0.903 bits per heavy atom. The van der Waals surface area contributed by atoms with E-state index >= 15 is 0 Å². The first-order valence-electron chi connectivity index (χ1n) is 10.7. The number of carbonyl (C=O) groups is 1. The smallest absolute Gasteiger partial charge is 0.246 e.